The van der Waals surface area contributed by atoms with E-state index in [1.807, 2.05) is 45.0 Å². The molecule has 9 nitrogen and oxygen atoms in total. The Hall–Kier alpha value is -3.85. The summed E-state index contributed by atoms with van der Waals surface area (Å²) in [6, 6.07) is 10.7. The first-order chi connectivity index (χ1) is 18.5. The van der Waals surface area contributed by atoms with E-state index in [1.54, 1.807) is 28.1 Å². The van der Waals surface area contributed by atoms with Crippen molar-refractivity contribution in [3.05, 3.63) is 58.7 Å². The van der Waals surface area contributed by atoms with Crippen LogP contribution in [0.1, 0.15) is 36.7 Å². The third-order valence-electron chi connectivity index (χ3n) is 6.77. The highest BCUT2D eigenvalue weighted by molar-refractivity contribution is 6.31. The molecule has 0 bridgehead atoms. The summed E-state index contributed by atoms with van der Waals surface area (Å²) in [6.07, 6.45) is 0.989. The van der Waals surface area contributed by atoms with Gasteiger partial charge in [-0.05, 0) is 56.7 Å². The van der Waals surface area contributed by atoms with Gasteiger partial charge < -0.3 is 24.0 Å². The van der Waals surface area contributed by atoms with Crippen LogP contribution in [0, 0.1) is 0 Å². The molecule has 1 saturated heterocycles. The highest BCUT2D eigenvalue weighted by atomic mass is 35.5. The van der Waals surface area contributed by atoms with Crippen molar-refractivity contribution in [2.24, 2.45) is 0 Å². The second kappa shape index (κ2) is 10.4. The lowest BCUT2D eigenvalue weighted by Crippen LogP contribution is -2.54. The highest BCUT2D eigenvalue weighted by Crippen LogP contribution is 2.43. The molecule has 5 rings (SSSR count). The number of rotatable bonds is 3. The van der Waals surface area contributed by atoms with Crippen LogP contribution in [-0.2, 0) is 20.7 Å². The minimum Gasteiger partial charge on any atom is -0.479 e. The van der Waals surface area contributed by atoms with E-state index in [0.717, 1.165) is 22.1 Å². The van der Waals surface area contributed by atoms with E-state index in [-0.39, 0.29) is 12.0 Å². The number of nitrogens with zero attached hydrogens (tertiary/aromatic N) is 3. The minimum absolute atomic E-state index is 0.126. The quantitative estimate of drug-likeness (QED) is 0.434. The summed E-state index contributed by atoms with van der Waals surface area (Å²) in [5.41, 5.74) is 2.88. The number of hydrogen-bond donors (Lipinski definition) is 0. The van der Waals surface area contributed by atoms with Gasteiger partial charge in [0.15, 0.2) is 6.10 Å². The molecule has 1 aromatic heterocycles. The summed E-state index contributed by atoms with van der Waals surface area (Å²) in [4.78, 5) is 45.6. The second-order valence-electron chi connectivity index (χ2n) is 10.6. The molecule has 2 aromatic carbocycles. The molecular formula is C29H30ClN3O6. The standard InChI is InChI=1S/C29H30ClN3O6/c1-29(2,3)39-28(36)33-11-9-32(10-12-33)26(34)24-15-18-13-19(30)16-22(25(18)38-24)20-7-8-31-23-14-17(27(35)37-4)5-6-21(20)23/h5-8,13-14,16,24H,9-12,15H2,1-4H3. The topological polar surface area (TPSA) is 98.3 Å². The molecule has 3 heterocycles. The van der Waals surface area contributed by atoms with E-state index in [2.05, 4.69) is 4.98 Å². The molecule has 0 N–H and O–H groups in total. The van der Waals surface area contributed by atoms with Gasteiger partial charge in [-0.15, -0.1) is 0 Å². The zero-order chi connectivity index (χ0) is 27.9. The number of amides is 2. The van der Waals surface area contributed by atoms with Crippen molar-refractivity contribution in [3.63, 3.8) is 0 Å². The van der Waals surface area contributed by atoms with Crippen LogP contribution in [0.25, 0.3) is 22.0 Å². The lowest BCUT2D eigenvalue weighted by Gasteiger charge is -2.36. The first-order valence-electron chi connectivity index (χ1n) is 12.8. The fourth-order valence-electron chi connectivity index (χ4n) is 4.93. The molecular weight excluding hydrogens is 522 g/mol. The number of hydrogen-bond acceptors (Lipinski definition) is 7. The lowest BCUT2D eigenvalue weighted by molar-refractivity contribution is -0.139. The second-order valence-corrected chi connectivity index (χ2v) is 11.1. The number of carbonyl (C=O) groups is 3. The molecule has 10 heteroatoms. The molecule has 1 fully saturated rings. The van der Waals surface area contributed by atoms with Crippen molar-refractivity contribution in [1.29, 1.82) is 0 Å². The number of ether oxygens (including phenoxy) is 3. The van der Waals surface area contributed by atoms with Crippen molar-refractivity contribution in [2.45, 2.75) is 38.9 Å². The van der Waals surface area contributed by atoms with E-state index < -0.39 is 17.7 Å². The highest BCUT2D eigenvalue weighted by Gasteiger charge is 2.36. The first-order valence-corrected chi connectivity index (χ1v) is 13.1. The Kier molecular flexibility index (Phi) is 7.11. The van der Waals surface area contributed by atoms with Crippen LogP contribution in [-0.4, -0.2) is 77.7 Å². The Balaban J connectivity index is 1.36. The predicted molar refractivity (Wildman–Crippen MR) is 146 cm³/mol. The van der Waals surface area contributed by atoms with Crippen LogP contribution in [0.2, 0.25) is 5.02 Å². The van der Waals surface area contributed by atoms with Crippen molar-refractivity contribution in [2.75, 3.05) is 33.3 Å². The fraction of sp³-hybridized carbons (Fsp3) is 0.379. The van der Waals surface area contributed by atoms with Crippen molar-refractivity contribution < 1.29 is 28.6 Å². The molecule has 0 saturated carbocycles. The molecule has 0 aliphatic carbocycles. The molecule has 39 heavy (non-hydrogen) atoms. The average molecular weight is 552 g/mol. The largest absolute Gasteiger partial charge is 0.479 e. The van der Waals surface area contributed by atoms with Crippen LogP contribution >= 0.6 is 11.6 Å². The summed E-state index contributed by atoms with van der Waals surface area (Å²) >= 11 is 6.51. The van der Waals surface area contributed by atoms with Gasteiger partial charge in [-0.1, -0.05) is 17.7 Å². The molecule has 1 atom stereocenters. The summed E-state index contributed by atoms with van der Waals surface area (Å²) in [7, 11) is 1.33. The van der Waals surface area contributed by atoms with Crippen molar-refractivity contribution >= 4 is 40.5 Å². The first kappa shape index (κ1) is 26.7. The summed E-state index contributed by atoms with van der Waals surface area (Å²) in [5.74, 6) is 0.0402. The van der Waals surface area contributed by atoms with Crippen molar-refractivity contribution in [1.82, 2.24) is 14.8 Å². The Morgan fingerprint density at radius 3 is 2.41 bits per heavy atom. The van der Waals surface area contributed by atoms with Gasteiger partial charge in [-0.2, -0.15) is 0 Å². The van der Waals surface area contributed by atoms with Gasteiger partial charge in [-0.3, -0.25) is 9.78 Å². The third kappa shape index (κ3) is 5.49. The number of benzene rings is 2. The number of aromatic nitrogens is 1. The molecule has 204 valence electrons. The van der Waals surface area contributed by atoms with Crippen LogP contribution in [0.5, 0.6) is 5.75 Å². The van der Waals surface area contributed by atoms with Gasteiger partial charge in [0, 0.05) is 60.3 Å². The molecule has 2 aliphatic heterocycles. The van der Waals surface area contributed by atoms with Gasteiger partial charge in [0.25, 0.3) is 5.91 Å². The maximum Gasteiger partial charge on any atom is 0.410 e. The Bertz CT molecular complexity index is 1460. The summed E-state index contributed by atoms with van der Waals surface area (Å²) in [5, 5.41) is 1.34. The smallest absolute Gasteiger partial charge is 0.410 e. The monoisotopic (exact) mass is 551 g/mol. The van der Waals surface area contributed by atoms with Gasteiger partial charge in [0.2, 0.25) is 0 Å². The number of piperazine rings is 1. The molecule has 2 aliphatic rings. The van der Waals surface area contributed by atoms with Crippen LogP contribution in [0.15, 0.2) is 42.6 Å². The number of carbonyl (C=O) groups excluding carboxylic acids is 3. The maximum atomic E-state index is 13.4. The number of halogens is 1. The Morgan fingerprint density at radius 1 is 1.00 bits per heavy atom. The summed E-state index contributed by atoms with van der Waals surface area (Å²) in [6.45, 7) is 7.08. The predicted octanol–water partition coefficient (Wildman–Crippen LogP) is 4.72. The molecule has 3 aromatic rings. The van der Waals surface area contributed by atoms with Gasteiger partial charge in [-0.25, -0.2) is 9.59 Å². The van der Waals surface area contributed by atoms with Crippen molar-refractivity contribution in [3.8, 4) is 16.9 Å². The maximum absolute atomic E-state index is 13.4. The average Bonchev–Trinajstić information content (AvgIpc) is 3.34. The number of methoxy groups -OCH3 is 1. The number of esters is 1. The summed E-state index contributed by atoms with van der Waals surface area (Å²) < 4.78 is 16.6. The SMILES string of the molecule is COC(=O)c1ccc2c(-c3cc(Cl)cc4c3OC(C(=O)N3CCN(C(=O)OC(C)(C)C)CC3)C4)ccnc2c1. The minimum atomic E-state index is -0.690. The number of pyridine rings is 1. The van der Waals surface area contributed by atoms with Gasteiger partial charge >= 0.3 is 12.1 Å². The van der Waals surface area contributed by atoms with E-state index in [0.29, 0.717) is 54.5 Å². The van der Waals surface area contributed by atoms with Crippen LogP contribution in [0.4, 0.5) is 4.79 Å². The Morgan fingerprint density at radius 2 is 1.72 bits per heavy atom. The molecule has 1 unspecified atom stereocenters. The van der Waals surface area contributed by atoms with Gasteiger partial charge in [0.1, 0.15) is 11.4 Å². The van der Waals surface area contributed by atoms with Gasteiger partial charge in [0.05, 0.1) is 18.2 Å². The third-order valence-corrected chi connectivity index (χ3v) is 6.99. The Labute approximate surface area is 231 Å². The van der Waals surface area contributed by atoms with E-state index in [9.17, 15) is 14.4 Å². The van der Waals surface area contributed by atoms with E-state index in [4.69, 9.17) is 25.8 Å². The lowest BCUT2D eigenvalue weighted by atomic mass is 9.97. The molecule has 0 spiro atoms. The molecule has 2 amide bonds. The number of fused-ring (bicyclic) bond motifs is 2. The van der Waals surface area contributed by atoms with Crippen LogP contribution < -0.4 is 4.74 Å². The zero-order valence-electron chi connectivity index (χ0n) is 22.3. The van der Waals surface area contributed by atoms with E-state index >= 15 is 0 Å². The zero-order valence-corrected chi connectivity index (χ0v) is 23.1. The normalized spacial score (nSPS) is 17.0. The van der Waals surface area contributed by atoms with E-state index in [1.165, 1.54) is 7.11 Å². The van der Waals surface area contributed by atoms with Crippen LogP contribution in [0.3, 0.4) is 0 Å². The fourth-order valence-corrected chi connectivity index (χ4v) is 5.17. The molecule has 0 radical (unpaired) electrons.